The zero-order chi connectivity index (χ0) is 21.1. The minimum absolute atomic E-state index is 0.426. The molecule has 1 N–H and O–H groups in total. The van der Waals surface area contributed by atoms with E-state index in [9.17, 15) is 31.2 Å². The second-order valence-electron chi connectivity index (χ2n) is 5.49. The molecule has 0 atom stereocenters. The molecule has 0 saturated heterocycles. The Morgan fingerprint density at radius 3 is 2.43 bits per heavy atom. The molecule has 2 rings (SSSR count). The van der Waals surface area contributed by atoms with Crippen LogP contribution in [0.15, 0.2) is 52.1 Å². The topological polar surface area (TPSA) is 96.4 Å². The van der Waals surface area contributed by atoms with Crippen LogP contribution in [0.3, 0.4) is 0 Å². The Bertz CT molecular complexity index is 1010. The third kappa shape index (κ3) is 4.68. The fourth-order valence-electron chi connectivity index (χ4n) is 2.12. The van der Waals surface area contributed by atoms with Gasteiger partial charge in [0.15, 0.2) is 5.03 Å². The van der Waals surface area contributed by atoms with Crippen molar-refractivity contribution in [2.45, 2.75) is 10.5 Å². The van der Waals surface area contributed by atoms with E-state index in [0.29, 0.717) is 10.2 Å². The standard InChI is InChI=1S/C16H13BrF3N3O4S/c1-23(9-13(24)22-12-7-3-2-6-11(12)17)15(25)10-5-4-8-21-14(10)28(26,27)16(18,19)20/h2-8H,9H2,1H3,(H,22,24). The molecule has 0 saturated carbocycles. The molecule has 1 aromatic carbocycles. The summed E-state index contributed by atoms with van der Waals surface area (Å²) in [5, 5.41) is 1.11. The van der Waals surface area contributed by atoms with Crippen LogP contribution in [0.4, 0.5) is 18.9 Å². The first-order valence-electron chi connectivity index (χ1n) is 7.51. The average molecular weight is 480 g/mol. The molecule has 0 aliphatic heterocycles. The molecule has 7 nitrogen and oxygen atoms in total. The van der Waals surface area contributed by atoms with Gasteiger partial charge in [0, 0.05) is 17.7 Å². The molecule has 28 heavy (non-hydrogen) atoms. The van der Waals surface area contributed by atoms with Crippen molar-refractivity contribution >= 4 is 43.3 Å². The summed E-state index contributed by atoms with van der Waals surface area (Å²) in [6, 6.07) is 8.68. The number of nitrogens with one attached hydrogen (secondary N) is 1. The summed E-state index contributed by atoms with van der Waals surface area (Å²) in [7, 11) is -4.68. The van der Waals surface area contributed by atoms with Gasteiger partial charge in [-0.25, -0.2) is 13.4 Å². The van der Waals surface area contributed by atoms with Gasteiger partial charge >= 0.3 is 5.51 Å². The number of likely N-dealkylation sites (N-methyl/N-ethyl adjacent to an activating group) is 1. The van der Waals surface area contributed by atoms with E-state index < -0.39 is 44.3 Å². The quantitative estimate of drug-likeness (QED) is 0.710. The monoisotopic (exact) mass is 479 g/mol. The fraction of sp³-hybridized carbons (Fsp3) is 0.188. The number of sulfone groups is 1. The Labute approximate surface area is 166 Å². The van der Waals surface area contributed by atoms with Crippen LogP contribution in [0.2, 0.25) is 0 Å². The maximum Gasteiger partial charge on any atom is 0.503 e. The SMILES string of the molecule is CN(CC(=O)Nc1ccccc1Br)C(=O)c1cccnc1S(=O)(=O)C(F)(F)F. The maximum atomic E-state index is 12.8. The number of rotatable bonds is 5. The van der Waals surface area contributed by atoms with E-state index in [-0.39, 0.29) is 0 Å². The Morgan fingerprint density at radius 2 is 1.82 bits per heavy atom. The van der Waals surface area contributed by atoms with Crippen LogP contribution in [-0.4, -0.2) is 49.2 Å². The van der Waals surface area contributed by atoms with E-state index in [1.807, 2.05) is 0 Å². The lowest BCUT2D eigenvalue weighted by molar-refractivity contribution is -0.116. The molecular weight excluding hydrogens is 467 g/mol. The molecule has 0 bridgehead atoms. The van der Waals surface area contributed by atoms with Crippen LogP contribution in [0.25, 0.3) is 0 Å². The first-order valence-corrected chi connectivity index (χ1v) is 9.79. The van der Waals surface area contributed by atoms with Crippen molar-refractivity contribution in [3.8, 4) is 0 Å². The van der Waals surface area contributed by atoms with Crippen LogP contribution in [0, 0.1) is 0 Å². The number of carbonyl (C=O) groups excluding carboxylic acids is 2. The summed E-state index contributed by atoms with van der Waals surface area (Å²) in [6.07, 6.45) is 0.828. The highest BCUT2D eigenvalue weighted by Gasteiger charge is 2.49. The summed E-state index contributed by atoms with van der Waals surface area (Å²) < 4.78 is 62.4. The number of amides is 2. The smallest absolute Gasteiger partial charge is 0.332 e. The molecule has 1 aromatic heterocycles. The van der Waals surface area contributed by atoms with Crippen LogP contribution in [-0.2, 0) is 14.6 Å². The number of aromatic nitrogens is 1. The molecule has 2 aromatic rings. The third-order valence-corrected chi connectivity index (χ3v) is 5.57. The molecular formula is C16H13BrF3N3O4S. The normalized spacial score (nSPS) is 11.8. The van der Waals surface area contributed by atoms with Gasteiger partial charge in [-0.2, -0.15) is 13.2 Å². The lowest BCUT2D eigenvalue weighted by atomic mass is 10.2. The number of alkyl halides is 3. The first kappa shape index (κ1) is 21.8. The molecule has 1 heterocycles. The molecule has 0 aliphatic rings. The molecule has 0 fully saturated rings. The Balaban J connectivity index is 2.23. The van der Waals surface area contributed by atoms with Gasteiger partial charge in [-0.15, -0.1) is 0 Å². The Morgan fingerprint density at radius 1 is 1.18 bits per heavy atom. The van der Waals surface area contributed by atoms with Crippen molar-refractivity contribution in [2.75, 3.05) is 18.9 Å². The molecule has 2 amide bonds. The lowest BCUT2D eigenvalue weighted by Gasteiger charge is -2.19. The highest BCUT2D eigenvalue weighted by atomic mass is 79.9. The van der Waals surface area contributed by atoms with Gasteiger partial charge in [0.1, 0.15) is 0 Å². The fourth-order valence-corrected chi connectivity index (χ4v) is 3.37. The molecule has 0 radical (unpaired) electrons. The number of benzene rings is 1. The first-order chi connectivity index (χ1) is 12.9. The van der Waals surface area contributed by atoms with Crippen molar-refractivity contribution in [1.82, 2.24) is 9.88 Å². The highest BCUT2D eigenvalue weighted by Crippen LogP contribution is 2.31. The largest absolute Gasteiger partial charge is 0.503 e. The van der Waals surface area contributed by atoms with Gasteiger partial charge in [0.25, 0.3) is 15.7 Å². The van der Waals surface area contributed by atoms with E-state index in [2.05, 4.69) is 26.2 Å². The van der Waals surface area contributed by atoms with Crippen molar-refractivity contribution in [2.24, 2.45) is 0 Å². The Hall–Kier alpha value is -2.47. The molecule has 0 spiro atoms. The van der Waals surface area contributed by atoms with Gasteiger partial charge in [-0.05, 0) is 40.2 Å². The van der Waals surface area contributed by atoms with Crippen molar-refractivity contribution in [3.05, 3.63) is 52.6 Å². The van der Waals surface area contributed by atoms with Crippen LogP contribution < -0.4 is 5.32 Å². The minimum Gasteiger partial charge on any atom is -0.332 e. The maximum absolute atomic E-state index is 12.8. The average Bonchev–Trinajstić information content (AvgIpc) is 2.62. The van der Waals surface area contributed by atoms with Crippen LogP contribution in [0.5, 0.6) is 0 Å². The Kier molecular flexibility index (Phi) is 6.44. The number of anilines is 1. The number of carbonyl (C=O) groups is 2. The van der Waals surface area contributed by atoms with Gasteiger partial charge in [-0.3, -0.25) is 9.59 Å². The number of pyridine rings is 1. The number of hydrogen-bond donors (Lipinski definition) is 1. The minimum atomic E-state index is -5.83. The van der Waals surface area contributed by atoms with E-state index in [4.69, 9.17) is 0 Å². The molecule has 0 aliphatic carbocycles. The second kappa shape index (κ2) is 8.27. The number of hydrogen-bond acceptors (Lipinski definition) is 5. The number of halogens is 4. The molecule has 150 valence electrons. The van der Waals surface area contributed by atoms with Crippen LogP contribution >= 0.6 is 15.9 Å². The van der Waals surface area contributed by atoms with E-state index in [1.54, 1.807) is 24.3 Å². The summed E-state index contributed by atoms with van der Waals surface area (Å²) in [5.41, 5.74) is -5.97. The van der Waals surface area contributed by atoms with Gasteiger partial charge in [0.2, 0.25) is 5.91 Å². The highest BCUT2D eigenvalue weighted by molar-refractivity contribution is 9.10. The number of nitrogens with zero attached hydrogens (tertiary/aromatic N) is 2. The summed E-state index contributed by atoms with van der Waals surface area (Å²) in [5.74, 6) is -1.73. The predicted molar refractivity (Wildman–Crippen MR) is 97.2 cm³/mol. The molecule has 0 unspecified atom stereocenters. The zero-order valence-electron chi connectivity index (χ0n) is 14.2. The summed E-state index contributed by atoms with van der Waals surface area (Å²) in [6.45, 7) is -0.527. The van der Waals surface area contributed by atoms with E-state index in [1.165, 1.54) is 0 Å². The lowest BCUT2D eigenvalue weighted by Crippen LogP contribution is -2.36. The van der Waals surface area contributed by atoms with Gasteiger partial charge < -0.3 is 10.2 Å². The van der Waals surface area contributed by atoms with Crippen molar-refractivity contribution in [3.63, 3.8) is 0 Å². The third-order valence-electron chi connectivity index (χ3n) is 3.44. The van der Waals surface area contributed by atoms with Gasteiger partial charge in [-0.1, -0.05) is 12.1 Å². The summed E-state index contributed by atoms with van der Waals surface area (Å²) in [4.78, 5) is 28.6. The number of para-hydroxylation sites is 1. The predicted octanol–water partition coefficient (Wildman–Crippen LogP) is 2.85. The van der Waals surface area contributed by atoms with Crippen molar-refractivity contribution < 1.29 is 31.2 Å². The van der Waals surface area contributed by atoms with Crippen LogP contribution in [0.1, 0.15) is 10.4 Å². The van der Waals surface area contributed by atoms with E-state index in [0.717, 1.165) is 30.3 Å². The van der Waals surface area contributed by atoms with Gasteiger partial charge in [0.05, 0.1) is 17.8 Å². The zero-order valence-corrected chi connectivity index (χ0v) is 16.6. The van der Waals surface area contributed by atoms with E-state index >= 15 is 0 Å². The second-order valence-corrected chi connectivity index (χ2v) is 8.21. The summed E-state index contributed by atoms with van der Waals surface area (Å²) >= 11 is 3.23. The van der Waals surface area contributed by atoms with Crippen molar-refractivity contribution in [1.29, 1.82) is 0 Å². The molecule has 12 heteroatoms.